The Bertz CT molecular complexity index is 579. The monoisotopic (exact) mass is 415 g/mol. The van der Waals surface area contributed by atoms with Crippen LogP contribution in [-0.4, -0.2) is 13.7 Å². The standard InChI is InChI=1S/C16H16Br2FNO/c1-21-16-14(17)8-12(9-15(16)18)10-20-7-6-11-2-4-13(19)5-3-11/h2-5,8-9,20H,6-7,10H2,1H3. The van der Waals surface area contributed by atoms with Crippen LogP contribution in [0.15, 0.2) is 45.3 Å². The van der Waals surface area contributed by atoms with E-state index in [1.807, 2.05) is 24.3 Å². The fourth-order valence-electron chi connectivity index (χ4n) is 2.03. The molecule has 0 radical (unpaired) electrons. The maximum Gasteiger partial charge on any atom is 0.147 e. The highest BCUT2D eigenvalue weighted by Crippen LogP contribution is 2.34. The zero-order valence-electron chi connectivity index (χ0n) is 11.6. The third-order valence-corrected chi connectivity index (χ3v) is 4.27. The first kappa shape index (κ1) is 16.5. The van der Waals surface area contributed by atoms with Gasteiger partial charge in [0.25, 0.3) is 0 Å². The van der Waals surface area contributed by atoms with Crippen LogP contribution in [0.25, 0.3) is 0 Å². The molecule has 0 aliphatic rings. The number of benzene rings is 2. The highest BCUT2D eigenvalue weighted by Gasteiger charge is 2.07. The fourth-order valence-corrected chi connectivity index (χ4v) is 3.63. The Morgan fingerprint density at radius 3 is 2.24 bits per heavy atom. The molecule has 1 N–H and O–H groups in total. The molecule has 0 unspecified atom stereocenters. The lowest BCUT2D eigenvalue weighted by atomic mass is 10.1. The molecule has 2 rings (SSSR count). The zero-order valence-corrected chi connectivity index (χ0v) is 14.8. The summed E-state index contributed by atoms with van der Waals surface area (Å²) in [6.45, 7) is 1.61. The van der Waals surface area contributed by atoms with Gasteiger partial charge in [-0.15, -0.1) is 0 Å². The average molecular weight is 417 g/mol. The third kappa shape index (κ3) is 4.80. The van der Waals surface area contributed by atoms with Gasteiger partial charge in [0.2, 0.25) is 0 Å². The van der Waals surface area contributed by atoms with Gasteiger partial charge < -0.3 is 10.1 Å². The van der Waals surface area contributed by atoms with E-state index in [1.54, 1.807) is 7.11 Å². The predicted molar refractivity (Wildman–Crippen MR) is 90.2 cm³/mol. The largest absolute Gasteiger partial charge is 0.494 e. The van der Waals surface area contributed by atoms with Gasteiger partial charge in [0.15, 0.2) is 0 Å². The molecule has 112 valence electrons. The molecule has 0 heterocycles. The van der Waals surface area contributed by atoms with Crippen LogP contribution in [0.1, 0.15) is 11.1 Å². The van der Waals surface area contributed by atoms with Crippen LogP contribution in [0.5, 0.6) is 5.75 Å². The van der Waals surface area contributed by atoms with Crippen LogP contribution in [-0.2, 0) is 13.0 Å². The Balaban J connectivity index is 1.85. The van der Waals surface area contributed by atoms with E-state index in [0.717, 1.165) is 45.3 Å². The molecule has 2 aromatic carbocycles. The molecule has 0 amide bonds. The number of hydrogen-bond acceptors (Lipinski definition) is 2. The second-order valence-corrected chi connectivity index (χ2v) is 6.35. The van der Waals surface area contributed by atoms with Gasteiger partial charge in [0.05, 0.1) is 16.1 Å². The molecule has 0 bridgehead atoms. The highest BCUT2D eigenvalue weighted by atomic mass is 79.9. The van der Waals surface area contributed by atoms with E-state index in [4.69, 9.17) is 4.74 Å². The van der Waals surface area contributed by atoms with E-state index < -0.39 is 0 Å². The van der Waals surface area contributed by atoms with Crippen molar-refractivity contribution in [3.8, 4) is 5.75 Å². The number of hydrogen-bond donors (Lipinski definition) is 1. The Hall–Kier alpha value is -0.910. The second-order valence-electron chi connectivity index (χ2n) is 4.65. The molecule has 0 spiro atoms. The lowest BCUT2D eigenvalue weighted by Gasteiger charge is -2.10. The number of methoxy groups -OCH3 is 1. The van der Waals surface area contributed by atoms with E-state index in [2.05, 4.69) is 37.2 Å². The van der Waals surface area contributed by atoms with Gasteiger partial charge in [-0.3, -0.25) is 0 Å². The molecule has 0 saturated heterocycles. The minimum atomic E-state index is -0.195. The summed E-state index contributed by atoms with van der Waals surface area (Å²) in [7, 11) is 1.64. The lowest BCUT2D eigenvalue weighted by molar-refractivity contribution is 0.409. The molecule has 0 aliphatic carbocycles. The van der Waals surface area contributed by atoms with E-state index in [1.165, 1.54) is 12.1 Å². The van der Waals surface area contributed by atoms with E-state index >= 15 is 0 Å². The molecule has 0 atom stereocenters. The summed E-state index contributed by atoms with van der Waals surface area (Å²) in [5.41, 5.74) is 2.29. The Kier molecular flexibility index (Phi) is 6.21. The van der Waals surface area contributed by atoms with Crippen molar-refractivity contribution >= 4 is 31.9 Å². The number of rotatable bonds is 6. The predicted octanol–water partition coefficient (Wildman–Crippen LogP) is 4.69. The molecular formula is C16H16Br2FNO. The van der Waals surface area contributed by atoms with Crippen molar-refractivity contribution in [2.45, 2.75) is 13.0 Å². The van der Waals surface area contributed by atoms with Crippen LogP contribution in [0.2, 0.25) is 0 Å². The van der Waals surface area contributed by atoms with Crippen LogP contribution >= 0.6 is 31.9 Å². The summed E-state index contributed by atoms with van der Waals surface area (Å²) >= 11 is 6.98. The van der Waals surface area contributed by atoms with E-state index in [-0.39, 0.29) is 5.82 Å². The normalized spacial score (nSPS) is 10.7. The molecule has 0 aliphatic heterocycles. The summed E-state index contributed by atoms with van der Waals surface area (Å²) < 4.78 is 19.9. The highest BCUT2D eigenvalue weighted by molar-refractivity contribution is 9.11. The number of nitrogens with one attached hydrogen (secondary N) is 1. The van der Waals surface area contributed by atoms with Gasteiger partial charge in [-0.25, -0.2) is 4.39 Å². The van der Waals surface area contributed by atoms with Crippen molar-refractivity contribution in [2.75, 3.05) is 13.7 Å². The summed E-state index contributed by atoms with van der Waals surface area (Å²) in [6.07, 6.45) is 0.874. The van der Waals surface area contributed by atoms with Gasteiger partial charge in [-0.1, -0.05) is 12.1 Å². The maximum absolute atomic E-state index is 12.8. The van der Waals surface area contributed by atoms with Crippen LogP contribution in [0.4, 0.5) is 4.39 Å². The van der Waals surface area contributed by atoms with Gasteiger partial charge in [-0.2, -0.15) is 0 Å². The van der Waals surface area contributed by atoms with Gasteiger partial charge in [0, 0.05) is 6.54 Å². The topological polar surface area (TPSA) is 21.3 Å². The van der Waals surface area contributed by atoms with Crippen LogP contribution < -0.4 is 10.1 Å². The minimum Gasteiger partial charge on any atom is -0.494 e. The molecule has 0 fully saturated rings. The summed E-state index contributed by atoms with van der Waals surface area (Å²) in [5, 5.41) is 3.38. The van der Waals surface area contributed by atoms with Crippen LogP contribution in [0.3, 0.4) is 0 Å². The van der Waals surface area contributed by atoms with E-state index in [9.17, 15) is 4.39 Å². The first-order chi connectivity index (χ1) is 10.1. The molecule has 2 aromatic rings. The summed E-state index contributed by atoms with van der Waals surface area (Å²) in [4.78, 5) is 0. The second kappa shape index (κ2) is 7.92. The van der Waals surface area contributed by atoms with Crippen molar-refractivity contribution in [3.63, 3.8) is 0 Å². The van der Waals surface area contributed by atoms with Gasteiger partial charge in [-0.05, 0) is 80.2 Å². The Morgan fingerprint density at radius 1 is 1.05 bits per heavy atom. The van der Waals surface area contributed by atoms with Crippen molar-refractivity contribution in [1.29, 1.82) is 0 Å². The zero-order chi connectivity index (χ0) is 15.2. The SMILES string of the molecule is COc1c(Br)cc(CNCCc2ccc(F)cc2)cc1Br. The first-order valence-corrected chi connectivity index (χ1v) is 8.16. The average Bonchev–Trinajstić information content (AvgIpc) is 2.45. The summed E-state index contributed by atoms with van der Waals surface area (Å²) in [6, 6.07) is 10.7. The molecule has 2 nitrogen and oxygen atoms in total. The smallest absolute Gasteiger partial charge is 0.147 e. The molecular weight excluding hydrogens is 401 g/mol. The van der Waals surface area contributed by atoms with Crippen molar-refractivity contribution in [1.82, 2.24) is 5.32 Å². The summed E-state index contributed by atoms with van der Waals surface area (Å²) in [5.74, 6) is 0.602. The number of halogens is 3. The fraction of sp³-hybridized carbons (Fsp3) is 0.250. The first-order valence-electron chi connectivity index (χ1n) is 6.57. The van der Waals surface area contributed by atoms with Gasteiger partial charge >= 0.3 is 0 Å². The lowest BCUT2D eigenvalue weighted by Crippen LogP contribution is -2.16. The Labute approximate surface area is 141 Å². The number of ether oxygens (including phenoxy) is 1. The Morgan fingerprint density at radius 2 is 1.67 bits per heavy atom. The molecule has 0 aromatic heterocycles. The van der Waals surface area contributed by atoms with E-state index in [0.29, 0.717) is 0 Å². The van der Waals surface area contributed by atoms with Crippen molar-refractivity contribution < 1.29 is 9.13 Å². The molecule has 0 saturated carbocycles. The van der Waals surface area contributed by atoms with Crippen molar-refractivity contribution in [2.24, 2.45) is 0 Å². The van der Waals surface area contributed by atoms with Crippen LogP contribution in [0, 0.1) is 5.82 Å². The van der Waals surface area contributed by atoms with Gasteiger partial charge in [0.1, 0.15) is 11.6 Å². The minimum absolute atomic E-state index is 0.195. The molecule has 5 heteroatoms. The maximum atomic E-state index is 12.8. The molecule has 21 heavy (non-hydrogen) atoms. The third-order valence-electron chi connectivity index (χ3n) is 3.10. The van der Waals surface area contributed by atoms with Crippen molar-refractivity contribution in [3.05, 3.63) is 62.3 Å². The quantitative estimate of drug-likeness (QED) is 0.689.